The van der Waals surface area contributed by atoms with Gasteiger partial charge in [-0.1, -0.05) is 76.6 Å². The van der Waals surface area contributed by atoms with Crippen LogP contribution in [0.4, 0.5) is 0 Å². The molecular formula is C26H27BrN2O2S. The standard InChI is InChI=1S/C26H27BrN2O2S/c1-2-28-26(31)24(17-20-10-5-3-6-11-20)29(18-21-12-9-13-22(27)16-21)25(30)19-32-23-14-7-4-8-15-23/h3-16,24H,2,17-19H2,1H3,(H,28,31). The number of likely N-dealkylation sites (N-methyl/N-ethyl adjacent to an activating group) is 1. The highest BCUT2D eigenvalue weighted by molar-refractivity contribution is 9.10. The fourth-order valence-electron chi connectivity index (χ4n) is 3.42. The molecule has 3 aromatic carbocycles. The molecule has 6 heteroatoms. The molecule has 32 heavy (non-hydrogen) atoms. The lowest BCUT2D eigenvalue weighted by Gasteiger charge is -2.31. The Morgan fingerprint density at radius 3 is 2.25 bits per heavy atom. The summed E-state index contributed by atoms with van der Waals surface area (Å²) >= 11 is 5.00. The SMILES string of the molecule is CCNC(=O)C(Cc1ccccc1)N(Cc1cccc(Br)c1)C(=O)CSc1ccccc1. The van der Waals surface area contributed by atoms with Crippen LogP contribution in [0.2, 0.25) is 0 Å². The first kappa shape index (κ1) is 24.1. The van der Waals surface area contributed by atoms with Crippen LogP contribution in [-0.4, -0.2) is 35.1 Å². The molecule has 1 N–H and O–H groups in total. The topological polar surface area (TPSA) is 49.4 Å². The van der Waals surface area contributed by atoms with Crippen LogP contribution in [-0.2, 0) is 22.6 Å². The average Bonchev–Trinajstić information content (AvgIpc) is 2.81. The lowest BCUT2D eigenvalue weighted by Crippen LogP contribution is -2.51. The van der Waals surface area contributed by atoms with Crippen molar-refractivity contribution in [2.75, 3.05) is 12.3 Å². The molecule has 0 bridgehead atoms. The van der Waals surface area contributed by atoms with Crippen LogP contribution in [0.5, 0.6) is 0 Å². The maximum atomic E-state index is 13.5. The van der Waals surface area contributed by atoms with E-state index in [0.717, 1.165) is 20.5 Å². The molecule has 1 unspecified atom stereocenters. The Morgan fingerprint density at radius 1 is 0.938 bits per heavy atom. The minimum Gasteiger partial charge on any atom is -0.355 e. The molecule has 0 spiro atoms. The smallest absolute Gasteiger partial charge is 0.243 e. The fraction of sp³-hybridized carbons (Fsp3) is 0.231. The van der Waals surface area contributed by atoms with Gasteiger partial charge in [-0.3, -0.25) is 9.59 Å². The van der Waals surface area contributed by atoms with Crippen molar-refractivity contribution in [2.45, 2.75) is 30.8 Å². The molecule has 0 radical (unpaired) electrons. The molecule has 166 valence electrons. The third-order valence-electron chi connectivity index (χ3n) is 4.97. The zero-order valence-electron chi connectivity index (χ0n) is 18.0. The summed E-state index contributed by atoms with van der Waals surface area (Å²) in [7, 11) is 0. The lowest BCUT2D eigenvalue weighted by molar-refractivity contribution is -0.139. The number of amides is 2. The zero-order chi connectivity index (χ0) is 22.8. The van der Waals surface area contributed by atoms with Crippen molar-refractivity contribution in [3.8, 4) is 0 Å². The van der Waals surface area contributed by atoms with Crippen LogP contribution in [0.25, 0.3) is 0 Å². The predicted molar refractivity (Wildman–Crippen MR) is 134 cm³/mol. The molecule has 0 aliphatic heterocycles. The maximum Gasteiger partial charge on any atom is 0.243 e. The third-order valence-corrected chi connectivity index (χ3v) is 6.46. The van der Waals surface area contributed by atoms with Gasteiger partial charge in [0.15, 0.2) is 0 Å². The molecule has 3 aromatic rings. The van der Waals surface area contributed by atoms with Gasteiger partial charge in [-0.2, -0.15) is 0 Å². The van der Waals surface area contributed by atoms with E-state index >= 15 is 0 Å². The summed E-state index contributed by atoms with van der Waals surface area (Å²) in [4.78, 5) is 29.3. The molecule has 1 atom stereocenters. The molecule has 0 aliphatic carbocycles. The quantitative estimate of drug-likeness (QED) is 0.375. The second-order valence-electron chi connectivity index (χ2n) is 7.35. The Labute approximate surface area is 202 Å². The first-order chi connectivity index (χ1) is 15.6. The van der Waals surface area contributed by atoms with Gasteiger partial charge < -0.3 is 10.2 Å². The highest BCUT2D eigenvalue weighted by Gasteiger charge is 2.30. The largest absolute Gasteiger partial charge is 0.355 e. The van der Waals surface area contributed by atoms with Gasteiger partial charge in [-0.05, 0) is 42.3 Å². The molecule has 2 amide bonds. The molecule has 3 rings (SSSR count). The number of rotatable bonds is 10. The molecule has 0 fully saturated rings. The molecule has 0 aromatic heterocycles. The Kier molecular flexibility index (Phi) is 9.38. The van der Waals surface area contributed by atoms with E-state index in [4.69, 9.17) is 0 Å². The summed E-state index contributed by atoms with van der Waals surface area (Å²) in [6.07, 6.45) is 0.461. The molecule has 0 saturated heterocycles. The van der Waals surface area contributed by atoms with Crippen molar-refractivity contribution >= 4 is 39.5 Å². The number of carbonyl (C=O) groups excluding carboxylic acids is 2. The van der Waals surface area contributed by atoms with E-state index in [1.54, 1.807) is 4.90 Å². The summed E-state index contributed by atoms with van der Waals surface area (Å²) < 4.78 is 0.943. The molecule has 0 aliphatic rings. The van der Waals surface area contributed by atoms with Gasteiger partial charge in [-0.15, -0.1) is 11.8 Å². The highest BCUT2D eigenvalue weighted by Crippen LogP contribution is 2.22. The number of benzene rings is 3. The zero-order valence-corrected chi connectivity index (χ0v) is 20.4. The highest BCUT2D eigenvalue weighted by atomic mass is 79.9. The first-order valence-electron chi connectivity index (χ1n) is 10.6. The van der Waals surface area contributed by atoms with Gasteiger partial charge >= 0.3 is 0 Å². The molecule has 0 heterocycles. The average molecular weight is 511 g/mol. The minimum absolute atomic E-state index is 0.0639. The van der Waals surface area contributed by atoms with E-state index in [2.05, 4.69) is 21.2 Å². The van der Waals surface area contributed by atoms with E-state index in [1.165, 1.54) is 11.8 Å². The van der Waals surface area contributed by atoms with Crippen molar-refractivity contribution in [3.63, 3.8) is 0 Å². The van der Waals surface area contributed by atoms with E-state index < -0.39 is 6.04 Å². The summed E-state index contributed by atoms with van der Waals surface area (Å²) in [5.74, 6) is 0.0679. The molecular weight excluding hydrogens is 484 g/mol. The van der Waals surface area contributed by atoms with Gasteiger partial charge in [0.1, 0.15) is 6.04 Å². The summed E-state index contributed by atoms with van der Waals surface area (Å²) in [5.41, 5.74) is 1.99. The first-order valence-corrected chi connectivity index (χ1v) is 12.4. The van der Waals surface area contributed by atoms with E-state index in [9.17, 15) is 9.59 Å². The Hall–Kier alpha value is -2.57. The van der Waals surface area contributed by atoms with Crippen LogP contribution >= 0.6 is 27.7 Å². The van der Waals surface area contributed by atoms with Crippen molar-refractivity contribution in [1.29, 1.82) is 0 Å². The number of thioether (sulfide) groups is 1. The van der Waals surface area contributed by atoms with Gasteiger partial charge in [0.25, 0.3) is 0 Å². The predicted octanol–water partition coefficient (Wildman–Crippen LogP) is 5.32. The number of nitrogens with one attached hydrogen (secondary N) is 1. The number of nitrogens with zero attached hydrogens (tertiary/aromatic N) is 1. The van der Waals surface area contributed by atoms with Gasteiger partial charge in [-0.25, -0.2) is 0 Å². The van der Waals surface area contributed by atoms with Crippen molar-refractivity contribution < 1.29 is 9.59 Å². The second kappa shape index (κ2) is 12.5. The van der Waals surface area contributed by atoms with Gasteiger partial charge in [0.2, 0.25) is 11.8 Å². The van der Waals surface area contributed by atoms with Crippen molar-refractivity contribution in [2.24, 2.45) is 0 Å². The fourth-order valence-corrected chi connectivity index (χ4v) is 4.67. The molecule has 0 saturated carbocycles. The summed E-state index contributed by atoms with van der Waals surface area (Å²) in [5, 5.41) is 2.92. The summed E-state index contributed by atoms with van der Waals surface area (Å²) in [6.45, 7) is 2.77. The number of halogens is 1. The van der Waals surface area contributed by atoms with E-state index in [0.29, 0.717) is 19.5 Å². The van der Waals surface area contributed by atoms with Crippen LogP contribution in [0.1, 0.15) is 18.1 Å². The third kappa shape index (κ3) is 7.24. The second-order valence-corrected chi connectivity index (χ2v) is 9.32. The normalized spacial score (nSPS) is 11.6. The number of carbonyl (C=O) groups is 2. The Balaban J connectivity index is 1.88. The lowest BCUT2D eigenvalue weighted by atomic mass is 10.0. The maximum absolute atomic E-state index is 13.5. The summed E-state index contributed by atoms with van der Waals surface area (Å²) in [6, 6.07) is 27.0. The van der Waals surface area contributed by atoms with E-state index in [-0.39, 0.29) is 17.6 Å². The van der Waals surface area contributed by atoms with Crippen molar-refractivity contribution in [1.82, 2.24) is 10.2 Å². The number of hydrogen-bond acceptors (Lipinski definition) is 3. The minimum atomic E-state index is -0.597. The van der Waals surface area contributed by atoms with Gasteiger partial charge in [0.05, 0.1) is 5.75 Å². The van der Waals surface area contributed by atoms with Gasteiger partial charge in [0, 0.05) is 28.9 Å². The number of hydrogen-bond donors (Lipinski definition) is 1. The monoisotopic (exact) mass is 510 g/mol. The molecule has 4 nitrogen and oxygen atoms in total. The van der Waals surface area contributed by atoms with Crippen molar-refractivity contribution in [3.05, 3.63) is 101 Å². The van der Waals surface area contributed by atoms with E-state index in [1.807, 2.05) is 91.9 Å². The van der Waals surface area contributed by atoms with Crippen LogP contribution in [0, 0.1) is 0 Å². The van der Waals surface area contributed by atoms with Crippen LogP contribution < -0.4 is 5.32 Å². The van der Waals surface area contributed by atoms with Crippen LogP contribution in [0.15, 0.2) is 94.3 Å². The van der Waals surface area contributed by atoms with Crippen LogP contribution in [0.3, 0.4) is 0 Å². The Morgan fingerprint density at radius 2 is 1.59 bits per heavy atom. The Bertz CT molecular complexity index is 1010.